The Labute approximate surface area is 206 Å². The number of rotatable bonds is 20. The smallest absolute Gasteiger partial charge is 0.226 e. The molecule has 192 valence electrons. The number of hydrogen-bond acceptors (Lipinski definition) is 6. The first kappa shape index (κ1) is 28.0. The highest BCUT2D eigenvalue weighted by Gasteiger charge is 2.17. The Morgan fingerprint density at radius 3 is 1.56 bits per heavy atom. The number of nitrogens with zero attached hydrogens (tertiary/aromatic N) is 2. The predicted molar refractivity (Wildman–Crippen MR) is 138 cm³/mol. The molecule has 0 aliphatic heterocycles. The first-order valence-corrected chi connectivity index (χ1v) is 13.4. The molecule has 0 spiro atoms. The molecular formula is C28H46N2O4. The van der Waals surface area contributed by atoms with E-state index in [1.54, 1.807) is 21.3 Å². The molecule has 0 saturated carbocycles. The number of methoxy groups -OCH3 is 3. The molecule has 6 nitrogen and oxygen atoms in total. The molecule has 1 aromatic carbocycles. The lowest BCUT2D eigenvalue weighted by atomic mass is 10.0. The van der Waals surface area contributed by atoms with E-state index in [-0.39, 0.29) is 0 Å². The van der Waals surface area contributed by atoms with Crippen LogP contribution in [0.2, 0.25) is 0 Å². The second-order valence-electron chi connectivity index (χ2n) is 9.13. The zero-order valence-corrected chi connectivity index (χ0v) is 22.0. The van der Waals surface area contributed by atoms with Crippen LogP contribution in [0.15, 0.2) is 16.7 Å². The Bertz CT molecular complexity index is 765. The van der Waals surface area contributed by atoms with Crippen molar-refractivity contribution in [2.75, 3.05) is 21.3 Å². The van der Waals surface area contributed by atoms with Gasteiger partial charge in [0, 0.05) is 12.0 Å². The van der Waals surface area contributed by atoms with Crippen LogP contribution in [0.5, 0.6) is 17.2 Å². The number of hydrogen-bond donors (Lipinski definition) is 0. The molecule has 0 aliphatic rings. The highest BCUT2D eigenvalue weighted by atomic mass is 16.5. The van der Waals surface area contributed by atoms with E-state index in [2.05, 4.69) is 17.1 Å². The van der Waals surface area contributed by atoms with Crippen LogP contribution >= 0.6 is 0 Å². The Balaban J connectivity index is 1.57. The van der Waals surface area contributed by atoms with Gasteiger partial charge >= 0.3 is 0 Å². The van der Waals surface area contributed by atoms with Crippen LogP contribution in [-0.2, 0) is 6.42 Å². The molecule has 0 atom stereocenters. The lowest BCUT2D eigenvalue weighted by Crippen LogP contribution is -1.96. The van der Waals surface area contributed by atoms with Crippen molar-refractivity contribution in [2.24, 2.45) is 0 Å². The maximum absolute atomic E-state index is 5.47. The third-order valence-electron chi connectivity index (χ3n) is 6.39. The minimum Gasteiger partial charge on any atom is -0.493 e. The Kier molecular flexibility index (Phi) is 14.2. The van der Waals surface area contributed by atoms with Crippen molar-refractivity contribution in [3.05, 3.63) is 18.0 Å². The summed E-state index contributed by atoms with van der Waals surface area (Å²) in [4.78, 5) is 4.56. The Hall–Kier alpha value is -2.24. The average molecular weight is 475 g/mol. The van der Waals surface area contributed by atoms with Crippen molar-refractivity contribution in [3.63, 3.8) is 0 Å². The summed E-state index contributed by atoms with van der Waals surface area (Å²) in [7, 11) is 4.78. The maximum atomic E-state index is 5.47. The highest BCUT2D eigenvalue weighted by molar-refractivity contribution is 5.66. The number of ether oxygens (including phenoxy) is 3. The van der Waals surface area contributed by atoms with Gasteiger partial charge in [-0.1, -0.05) is 102 Å². The molecule has 1 aromatic heterocycles. The molecule has 0 aliphatic carbocycles. The largest absolute Gasteiger partial charge is 0.493 e. The van der Waals surface area contributed by atoms with Crippen LogP contribution < -0.4 is 14.2 Å². The van der Waals surface area contributed by atoms with Gasteiger partial charge < -0.3 is 18.7 Å². The fourth-order valence-electron chi connectivity index (χ4n) is 4.33. The van der Waals surface area contributed by atoms with Crippen LogP contribution in [0.25, 0.3) is 11.4 Å². The molecule has 0 amide bonds. The summed E-state index contributed by atoms with van der Waals surface area (Å²) < 4.78 is 21.7. The number of aromatic nitrogens is 2. The summed E-state index contributed by atoms with van der Waals surface area (Å²) in [5, 5.41) is 4.14. The Morgan fingerprint density at radius 2 is 1.12 bits per heavy atom. The van der Waals surface area contributed by atoms with E-state index < -0.39 is 0 Å². The minimum atomic E-state index is 0.537. The zero-order valence-electron chi connectivity index (χ0n) is 22.0. The van der Waals surface area contributed by atoms with E-state index in [0.29, 0.717) is 29.0 Å². The molecule has 0 bridgehead atoms. The summed E-state index contributed by atoms with van der Waals surface area (Å²) in [6.45, 7) is 2.28. The van der Waals surface area contributed by atoms with E-state index in [1.807, 2.05) is 12.1 Å². The lowest BCUT2D eigenvalue weighted by molar-refractivity contribution is 0.324. The number of benzene rings is 1. The highest BCUT2D eigenvalue weighted by Crippen LogP contribution is 2.40. The zero-order chi connectivity index (χ0) is 24.4. The van der Waals surface area contributed by atoms with E-state index in [1.165, 1.54) is 89.9 Å². The van der Waals surface area contributed by atoms with E-state index in [0.717, 1.165) is 18.4 Å². The van der Waals surface area contributed by atoms with Gasteiger partial charge in [0.2, 0.25) is 17.5 Å². The molecule has 1 heterocycles. The molecule has 0 N–H and O–H groups in total. The monoisotopic (exact) mass is 474 g/mol. The molecule has 0 fully saturated rings. The molecule has 6 heteroatoms. The molecule has 0 saturated heterocycles. The fraction of sp³-hybridized carbons (Fsp3) is 0.714. The van der Waals surface area contributed by atoms with Crippen molar-refractivity contribution < 1.29 is 18.7 Å². The van der Waals surface area contributed by atoms with Gasteiger partial charge in [-0.2, -0.15) is 4.98 Å². The van der Waals surface area contributed by atoms with Crippen molar-refractivity contribution in [1.29, 1.82) is 0 Å². The summed E-state index contributed by atoms with van der Waals surface area (Å²) in [5.41, 5.74) is 0.779. The number of unbranched alkanes of at least 4 members (excludes halogenated alkanes) is 14. The Morgan fingerprint density at radius 1 is 0.647 bits per heavy atom. The third-order valence-corrected chi connectivity index (χ3v) is 6.39. The van der Waals surface area contributed by atoms with E-state index >= 15 is 0 Å². The lowest BCUT2D eigenvalue weighted by Gasteiger charge is -2.12. The van der Waals surface area contributed by atoms with E-state index in [9.17, 15) is 0 Å². The van der Waals surface area contributed by atoms with Gasteiger partial charge in [-0.05, 0) is 18.6 Å². The maximum Gasteiger partial charge on any atom is 0.226 e. The fourth-order valence-corrected chi connectivity index (χ4v) is 4.33. The topological polar surface area (TPSA) is 66.6 Å². The van der Waals surface area contributed by atoms with Crippen LogP contribution in [0, 0.1) is 0 Å². The van der Waals surface area contributed by atoms with Crippen molar-refractivity contribution in [3.8, 4) is 28.6 Å². The van der Waals surface area contributed by atoms with Gasteiger partial charge in [-0.25, -0.2) is 0 Å². The summed E-state index contributed by atoms with van der Waals surface area (Å²) in [5.74, 6) is 2.92. The number of aryl methyl sites for hydroxylation is 1. The van der Waals surface area contributed by atoms with Gasteiger partial charge in [0.15, 0.2) is 11.5 Å². The van der Waals surface area contributed by atoms with Crippen LogP contribution in [0.1, 0.15) is 109 Å². The van der Waals surface area contributed by atoms with Gasteiger partial charge in [0.05, 0.1) is 21.3 Å². The van der Waals surface area contributed by atoms with Gasteiger partial charge in [-0.3, -0.25) is 0 Å². The van der Waals surface area contributed by atoms with Crippen LogP contribution in [0.3, 0.4) is 0 Å². The molecular weight excluding hydrogens is 428 g/mol. The molecule has 2 rings (SSSR count). The summed E-state index contributed by atoms with van der Waals surface area (Å²) in [6, 6.07) is 3.67. The molecule has 0 unspecified atom stereocenters. The normalized spacial score (nSPS) is 11.1. The van der Waals surface area contributed by atoms with Gasteiger partial charge in [0.25, 0.3) is 0 Å². The second-order valence-corrected chi connectivity index (χ2v) is 9.13. The first-order chi connectivity index (χ1) is 16.7. The van der Waals surface area contributed by atoms with Crippen LogP contribution in [0.4, 0.5) is 0 Å². The van der Waals surface area contributed by atoms with Crippen molar-refractivity contribution >= 4 is 0 Å². The van der Waals surface area contributed by atoms with Crippen LogP contribution in [-0.4, -0.2) is 31.5 Å². The second kappa shape index (κ2) is 17.2. The summed E-state index contributed by atoms with van der Waals surface area (Å²) >= 11 is 0. The van der Waals surface area contributed by atoms with Gasteiger partial charge in [0.1, 0.15) is 0 Å². The standard InChI is InChI=1S/C28H46N2O4/c1-5-6-7-8-9-10-11-12-13-14-15-16-17-18-19-20-26-29-28(30-34-26)23-21-24(31-2)27(33-4)25(22-23)32-3/h21-22H,5-20H2,1-4H3. The molecule has 2 aromatic rings. The SMILES string of the molecule is CCCCCCCCCCCCCCCCCc1nc(-c2cc(OC)c(OC)c(OC)c2)no1. The molecule has 0 radical (unpaired) electrons. The predicted octanol–water partition coefficient (Wildman–Crippen LogP) is 8.18. The average Bonchev–Trinajstić information content (AvgIpc) is 3.34. The van der Waals surface area contributed by atoms with Crippen molar-refractivity contribution in [1.82, 2.24) is 10.1 Å². The van der Waals surface area contributed by atoms with Gasteiger partial charge in [-0.15, -0.1) is 0 Å². The van der Waals surface area contributed by atoms with Crippen molar-refractivity contribution in [2.45, 2.75) is 110 Å². The summed E-state index contributed by atoms with van der Waals surface area (Å²) in [6.07, 6.45) is 21.2. The first-order valence-electron chi connectivity index (χ1n) is 13.4. The van der Waals surface area contributed by atoms with E-state index in [4.69, 9.17) is 18.7 Å². The quantitative estimate of drug-likeness (QED) is 0.180. The minimum absolute atomic E-state index is 0.537. The third kappa shape index (κ3) is 9.94. The molecule has 34 heavy (non-hydrogen) atoms.